The van der Waals surface area contributed by atoms with Gasteiger partial charge >= 0.3 is 0 Å². The molecule has 31 heavy (non-hydrogen) atoms. The highest BCUT2D eigenvalue weighted by Gasteiger charge is 2.18. The van der Waals surface area contributed by atoms with Crippen molar-refractivity contribution in [3.8, 4) is 11.1 Å². The summed E-state index contributed by atoms with van der Waals surface area (Å²) in [5.41, 5.74) is 10.6. The lowest BCUT2D eigenvalue weighted by Crippen LogP contribution is -2.30. The number of anilines is 2. The number of ketones is 1. The van der Waals surface area contributed by atoms with Crippen molar-refractivity contribution in [1.29, 1.82) is 0 Å². The number of Topliss-reactive ketones (excluding diaryl/α,β-unsaturated/α-hetero) is 1. The maximum Gasteiger partial charge on any atom is 0.152 e. The van der Waals surface area contributed by atoms with Crippen molar-refractivity contribution in [1.82, 2.24) is 4.98 Å². The monoisotopic (exact) mass is 427 g/mol. The lowest BCUT2D eigenvalue weighted by Gasteiger charge is -2.28. The molecule has 2 rings (SSSR count). The number of ether oxygens (including phenoxy) is 1. The second kappa shape index (κ2) is 13.8. The van der Waals surface area contributed by atoms with Crippen LogP contribution in [-0.4, -0.2) is 37.6 Å². The van der Waals surface area contributed by atoms with Crippen molar-refractivity contribution in [3.63, 3.8) is 0 Å². The number of pyridine rings is 1. The summed E-state index contributed by atoms with van der Waals surface area (Å²) in [6, 6.07) is 12.5. The zero-order chi connectivity index (χ0) is 23.4. The highest BCUT2D eigenvalue weighted by molar-refractivity contribution is 5.76. The van der Waals surface area contributed by atoms with Gasteiger partial charge in [0.05, 0.1) is 18.0 Å². The number of carbonyl (C=O) groups is 1. The summed E-state index contributed by atoms with van der Waals surface area (Å²) >= 11 is 0. The molecule has 172 valence electrons. The van der Waals surface area contributed by atoms with Crippen LogP contribution < -0.4 is 10.6 Å². The molecule has 0 saturated heterocycles. The quantitative estimate of drug-likeness (QED) is 0.508. The van der Waals surface area contributed by atoms with E-state index in [1.54, 1.807) is 14.0 Å². The van der Waals surface area contributed by atoms with Crippen LogP contribution >= 0.6 is 0 Å². The van der Waals surface area contributed by atoms with Crippen LogP contribution in [0.4, 0.5) is 11.5 Å². The van der Waals surface area contributed by atoms with E-state index in [0.29, 0.717) is 24.9 Å². The lowest BCUT2D eigenvalue weighted by atomic mass is 9.97. The van der Waals surface area contributed by atoms with Crippen molar-refractivity contribution in [2.75, 3.05) is 37.4 Å². The second-order valence-electron chi connectivity index (χ2n) is 8.64. The predicted molar refractivity (Wildman–Crippen MR) is 133 cm³/mol. The van der Waals surface area contributed by atoms with Gasteiger partial charge in [0.2, 0.25) is 0 Å². The number of rotatable bonds is 10. The molecule has 5 heteroatoms. The molecule has 0 amide bonds. The van der Waals surface area contributed by atoms with Gasteiger partial charge in [-0.15, -0.1) is 0 Å². The molecule has 0 fully saturated rings. The fourth-order valence-corrected chi connectivity index (χ4v) is 3.32. The third-order valence-corrected chi connectivity index (χ3v) is 4.73. The number of benzene rings is 1. The number of nitrogens with zero attached hydrogens (tertiary/aromatic N) is 2. The molecule has 0 atom stereocenters. The minimum absolute atomic E-state index is 0.182. The minimum atomic E-state index is 0.182. The van der Waals surface area contributed by atoms with Crippen LogP contribution in [0.3, 0.4) is 0 Å². The van der Waals surface area contributed by atoms with Gasteiger partial charge in [0, 0.05) is 32.2 Å². The van der Waals surface area contributed by atoms with Crippen molar-refractivity contribution in [2.45, 2.75) is 60.3 Å². The third kappa shape index (κ3) is 9.09. The van der Waals surface area contributed by atoms with Crippen molar-refractivity contribution < 1.29 is 9.53 Å². The van der Waals surface area contributed by atoms with E-state index in [2.05, 4.69) is 74.6 Å². The average Bonchev–Trinajstić information content (AvgIpc) is 2.72. The molecule has 0 aliphatic carbocycles. The first kappa shape index (κ1) is 26.6. The molecule has 5 nitrogen and oxygen atoms in total. The predicted octanol–water partition coefficient (Wildman–Crippen LogP) is 5.94. The molecule has 2 aromatic rings. The normalized spacial score (nSPS) is 10.7. The molecule has 1 heterocycles. The Hall–Kier alpha value is -2.40. The summed E-state index contributed by atoms with van der Waals surface area (Å²) in [6.45, 7) is 15.1. The van der Waals surface area contributed by atoms with Gasteiger partial charge in [-0.1, -0.05) is 65.0 Å². The number of aromatic nitrogens is 1. The Morgan fingerprint density at radius 1 is 1.16 bits per heavy atom. The van der Waals surface area contributed by atoms with Crippen molar-refractivity contribution in [3.05, 3.63) is 42.1 Å². The Labute approximate surface area is 189 Å². The zero-order valence-corrected chi connectivity index (χ0v) is 20.4. The van der Waals surface area contributed by atoms with Gasteiger partial charge in [-0.05, 0) is 36.8 Å². The van der Waals surface area contributed by atoms with Crippen LogP contribution in [-0.2, 0) is 9.53 Å². The van der Waals surface area contributed by atoms with E-state index in [-0.39, 0.29) is 5.78 Å². The second-order valence-corrected chi connectivity index (χ2v) is 8.64. The lowest BCUT2D eigenvalue weighted by molar-refractivity contribution is -0.117. The first-order valence-electron chi connectivity index (χ1n) is 11.3. The van der Waals surface area contributed by atoms with Gasteiger partial charge in [0.1, 0.15) is 5.78 Å². The maximum absolute atomic E-state index is 10.1. The molecule has 0 bridgehead atoms. The largest absolute Gasteiger partial charge is 0.396 e. The summed E-state index contributed by atoms with van der Waals surface area (Å²) in [5.74, 6) is 2.05. The van der Waals surface area contributed by atoms with Crippen LogP contribution in [0, 0.1) is 5.92 Å². The van der Waals surface area contributed by atoms with Crippen LogP contribution in [0.5, 0.6) is 0 Å². The molecule has 1 aromatic carbocycles. The number of carbonyl (C=O) groups excluding carboxylic acids is 1. The van der Waals surface area contributed by atoms with Gasteiger partial charge in [0.25, 0.3) is 0 Å². The zero-order valence-electron chi connectivity index (χ0n) is 20.4. The molecule has 0 radical (unpaired) electrons. The molecular weight excluding hydrogens is 386 g/mol. The van der Waals surface area contributed by atoms with Gasteiger partial charge in [0.15, 0.2) is 5.82 Å². The first-order valence-corrected chi connectivity index (χ1v) is 11.3. The van der Waals surface area contributed by atoms with Crippen LogP contribution in [0.1, 0.15) is 66.0 Å². The SMILES string of the molecule is CCCN(CC(C)C)c1nc(C(C)C)c(-c2ccccc2)cc1N.COCCC(C)=O. The first-order chi connectivity index (χ1) is 14.7. The summed E-state index contributed by atoms with van der Waals surface area (Å²) in [6.07, 6.45) is 1.63. The standard InChI is InChI=1S/C21H31N3.C5H10O2/c1-6-12-24(14-15(2)3)21-19(22)13-18(20(23-21)16(4)5)17-10-8-7-9-11-17;1-5(6)3-4-7-2/h7-11,13,15-16H,6,12,14,22H2,1-5H3;3-4H2,1-2H3. The molecular formula is C26H41N3O2. The van der Waals surface area contributed by atoms with Gasteiger partial charge in [-0.25, -0.2) is 4.98 Å². The Balaban J connectivity index is 0.000000592. The van der Waals surface area contributed by atoms with Crippen LogP contribution in [0.25, 0.3) is 11.1 Å². The van der Waals surface area contributed by atoms with E-state index in [1.165, 1.54) is 5.56 Å². The van der Waals surface area contributed by atoms with Gasteiger partial charge in [-0.3, -0.25) is 4.79 Å². The number of nitrogens with two attached hydrogens (primary N) is 1. The molecule has 2 N–H and O–H groups in total. The third-order valence-electron chi connectivity index (χ3n) is 4.73. The summed E-state index contributed by atoms with van der Waals surface area (Å²) in [5, 5.41) is 0. The van der Waals surface area contributed by atoms with E-state index >= 15 is 0 Å². The van der Waals surface area contributed by atoms with Crippen LogP contribution in [0.15, 0.2) is 36.4 Å². The Kier molecular flexibility index (Phi) is 11.9. The number of hydrogen-bond donors (Lipinski definition) is 1. The van der Waals surface area contributed by atoms with E-state index in [1.807, 2.05) is 6.07 Å². The molecule has 1 aromatic heterocycles. The number of nitrogen functional groups attached to an aromatic ring is 1. The molecule has 0 aliphatic rings. The Morgan fingerprint density at radius 3 is 2.26 bits per heavy atom. The smallest absolute Gasteiger partial charge is 0.152 e. The number of methoxy groups -OCH3 is 1. The fourth-order valence-electron chi connectivity index (χ4n) is 3.32. The summed E-state index contributed by atoms with van der Waals surface area (Å²) < 4.78 is 4.63. The average molecular weight is 428 g/mol. The molecule has 0 aliphatic heterocycles. The number of hydrogen-bond acceptors (Lipinski definition) is 5. The highest BCUT2D eigenvalue weighted by atomic mass is 16.5. The Morgan fingerprint density at radius 2 is 1.81 bits per heavy atom. The molecule has 0 saturated carbocycles. The summed E-state index contributed by atoms with van der Waals surface area (Å²) in [4.78, 5) is 17.5. The summed E-state index contributed by atoms with van der Waals surface area (Å²) in [7, 11) is 1.59. The highest BCUT2D eigenvalue weighted by Crippen LogP contribution is 2.34. The van der Waals surface area contributed by atoms with Crippen molar-refractivity contribution in [2.24, 2.45) is 5.92 Å². The maximum atomic E-state index is 10.1. The Bertz CT molecular complexity index is 789. The molecule has 0 spiro atoms. The van der Waals surface area contributed by atoms with Crippen LogP contribution in [0.2, 0.25) is 0 Å². The topological polar surface area (TPSA) is 68.5 Å². The van der Waals surface area contributed by atoms with Gasteiger partial charge < -0.3 is 15.4 Å². The van der Waals surface area contributed by atoms with E-state index in [0.717, 1.165) is 42.3 Å². The minimum Gasteiger partial charge on any atom is -0.396 e. The van der Waals surface area contributed by atoms with E-state index < -0.39 is 0 Å². The van der Waals surface area contributed by atoms with Gasteiger partial charge in [-0.2, -0.15) is 0 Å². The van der Waals surface area contributed by atoms with E-state index in [4.69, 9.17) is 10.7 Å². The van der Waals surface area contributed by atoms with Crippen molar-refractivity contribution >= 4 is 17.3 Å². The van der Waals surface area contributed by atoms with E-state index in [9.17, 15) is 4.79 Å². The molecule has 0 unspecified atom stereocenters. The fraction of sp³-hybridized carbons (Fsp3) is 0.538.